The summed E-state index contributed by atoms with van der Waals surface area (Å²) in [5.74, 6) is 0.310. The van der Waals surface area contributed by atoms with Crippen LogP contribution in [0, 0.1) is 5.41 Å². The lowest BCUT2D eigenvalue weighted by Gasteiger charge is -2.48. The molecule has 66 heavy (non-hydrogen) atoms. The van der Waals surface area contributed by atoms with Crippen molar-refractivity contribution in [3.63, 3.8) is 0 Å². The lowest BCUT2D eigenvalue weighted by molar-refractivity contribution is -0.111. The third kappa shape index (κ3) is 8.50. The molecule has 346 valence electrons. The number of piperazine rings is 1. The molecule has 0 saturated carbocycles. The summed E-state index contributed by atoms with van der Waals surface area (Å²) in [5, 5.41) is 17.1. The molecule has 3 aliphatic heterocycles. The molecular weight excluding hydrogens is 831 g/mol. The highest BCUT2D eigenvalue weighted by Crippen LogP contribution is 2.41. The summed E-state index contributed by atoms with van der Waals surface area (Å²) in [6, 6.07) is 14.9. The number of benzene rings is 1. The Bertz CT molecular complexity index is 2760. The summed E-state index contributed by atoms with van der Waals surface area (Å²) >= 11 is 0. The second-order valence-electron chi connectivity index (χ2n) is 19.7. The number of amides is 2. The molecule has 1 aliphatic carbocycles. The molecule has 4 aromatic heterocycles. The van der Waals surface area contributed by atoms with Crippen LogP contribution in [0.3, 0.4) is 0 Å². The standard InChI is InChI=1S/C51H63N11O4/c1-9-46(64)55-41-24-35(10-11-43(41)60-19-18-58(28-33(60)5)36-14-17-59(32(4)22-36)37-12-15-52-40(25-37)31(2)3)54-47-50(66)57(8)29-42(56-47)38-13-16-53-48(39(38)30-63)62-21-20-61-44(49(62)65)23-34-26-51(6,7)27-45(34)61/h9-13,15-16,23-25,29,31-33,36,63H,1,14,17-22,26-28,30H2,2-8H3,(H,54,56)(H,55,64)/t32-,33+,36?/m1/s1. The number of aryl methyl sites for hydroxylation is 1. The van der Waals surface area contributed by atoms with Crippen molar-refractivity contribution in [1.29, 1.82) is 0 Å². The molecule has 2 saturated heterocycles. The van der Waals surface area contributed by atoms with Gasteiger partial charge < -0.3 is 34.7 Å². The predicted molar refractivity (Wildman–Crippen MR) is 261 cm³/mol. The molecule has 0 radical (unpaired) electrons. The van der Waals surface area contributed by atoms with Gasteiger partial charge in [-0.25, -0.2) is 9.97 Å². The molecule has 15 nitrogen and oxygen atoms in total. The smallest absolute Gasteiger partial charge is 0.293 e. The fraction of sp³-hybridized carbons (Fsp3) is 0.451. The van der Waals surface area contributed by atoms with E-state index in [1.807, 2.05) is 30.5 Å². The zero-order chi connectivity index (χ0) is 46.6. The van der Waals surface area contributed by atoms with E-state index < -0.39 is 6.61 Å². The normalized spacial score (nSPS) is 20.7. The number of aliphatic hydroxyl groups excluding tert-OH is 1. The Morgan fingerprint density at radius 3 is 2.52 bits per heavy atom. The summed E-state index contributed by atoms with van der Waals surface area (Å²) in [7, 11) is 1.65. The summed E-state index contributed by atoms with van der Waals surface area (Å²) in [6.45, 7) is 21.3. The van der Waals surface area contributed by atoms with E-state index in [0.717, 1.165) is 63.2 Å². The number of aromatic nitrogens is 5. The van der Waals surface area contributed by atoms with Crippen LogP contribution in [0.1, 0.15) is 93.3 Å². The van der Waals surface area contributed by atoms with Gasteiger partial charge in [-0.15, -0.1) is 0 Å². The van der Waals surface area contributed by atoms with E-state index in [0.29, 0.717) is 70.8 Å². The van der Waals surface area contributed by atoms with Gasteiger partial charge in [0.2, 0.25) is 5.91 Å². The molecular formula is C51H63N11O4. The van der Waals surface area contributed by atoms with Crippen molar-refractivity contribution in [1.82, 2.24) is 29.0 Å². The van der Waals surface area contributed by atoms with Crippen LogP contribution in [0.2, 0.25) is 0 Å². The van der Waals surface area contributed by atoms with E-state index in [9.17, 15) is 19.5 Å². The van der Waals surface area contributed by atoms with Gasteiger partial charge in [-0.05, 0) is 105 Å². The molecule has 7 heterocycles. The molecule has 15 heteroatoms. The topological polar surface area (TPSA) is 157 Å². The van der Waals surface area contributed by atoms with E-state index >= 15 is 0 Å². The van der Waals surface area contributed by atoms with Crippen molar-refractivity contribution in [3.8, 4) is 11.3 Å². The Morgan fingerprint density at radius 2 is 1.77 bits per heavy atom. The first kappa shape index (κ1) is 44.9. The molecule has 0 bridgehead atoms. The zero-order valence-corrected chi connectivity index (χ0v) is 39.3. The van der Waals surface area contributed by atoms with Crippen LogP contribution in [0.15, 0.2) is 78.5 Å². The highest BCUT2D eigenvalue weighted by Gasteiger charge is 2.38. The first-order chi connectivity index (χ1) is 31.6. The molecule has 4 aliphatic rings. The number of rotatable bonds is 11. The predicted octanol–water partition coefficient (Wildman–Crippen LogP) is 6.88. The minimum absolute atomic E-state index is 0.0573. The highest BCUT2D eigenvalue weighted by atomic mass is 16.3. The Balaban J connectivity index is 0.928. The molecule has 1 unspecified atom stereocenters. The number of nitrogens with one attached hydrogen (secondary N) is 2. The number of nitrogens with zero attached hydrogens (tertiary/aromatic N) is 9. The summed E-state index contributed by atoms with van der Waals surface area (Å²) in [6.07, 6.45) is 10.4. The number of fused-ring (bicyclic) bond motifs is 3. The van der Waals surface area contributed by atoms with Crippen LogP contribution in [0.4, 0.5) is 34.4 Å². The van der Waals surface area contributed by atoms with Crippen molar-refractivity contribution < 1.29 is 14.7 Å². The van der Waals surface area contributed by atoms with E-state index in [-0.39, 0.29) is 34.6 Å². The molecule has 5 aromatic rings. The fourth-order valence-electron chi connectivity index (χ4n) is 10.8. The average Bonchev–Trinajstić information content (AvgIpc) is 3.79. The Kier molecular flexibility index (Phi) is 12.1. The monoisotopic (exact) mass is 894 g/mol. The number of carbonyl (C=O) groups is 2. The van der Waals surface area contributed by atoms with E-state index in [1.165, 1.54) is 27.6 Å². The Morgan fingerprint density at radius 1 is 0.970 bits per heavy atom. The summed E-state index contributed by atoms with van der Waals surface area (Å²) in [5.41, 5.74) is 8.71. The van der Waals surface area contributed by atoms with Gasteiger partial charge in [0.25, 0.3) is 11.5 Å². The maximum Gasteiger partial charge on any atom is 0.293 e. The third-order valence-corrected chi connectivity index (χ3v) is 14.1. The van der Waals surface area contributed by atoms with E-state index in [4.69, 9.17) is 4.98 Å². The number of aliphatic hydroxyl groups is 1. The van der Waals surface area contributed by atoms with Crippen molar-refractivity contribution in [2.45, 2.75) is 104 Å². The van der Waals surface area contributed by atoms with Crippen molar-refractivity contribution in [2.24, 2.45) is 12.5 Å². The Hall–Kier alpha value is -6.32. The van der Waals surface area contributed by atoms with E-state index in [1.54, 1.807) is 30.4 Å². The van der Waals surface area contributed by atoms with Crippen molar-refractivity contribution >= 4 is 46.2 Å². The van der Waals surface area contributed by atoms with Crippen LogP contribution >= 0.6 is 0 Å². The van der Waals surface area contributed by atoms with Crippen molar-refractivity contribution in [3.05, 3.63) is 112 Å². The molecule has 3 N–H and O–H groups in total. The van der Waals surface area contributed by atoms with Crippen LogP contribution in [0.25, 0.3) is 11.3 Å². The molecule has 9 rings (SSSR count). The maximum absolute atomic E-state index is 14.1. The lowest BCUT2D eigenvalue weighted by Crippen LogP contribution is -2.58. The molecule has 2 fully saturated rings. The SMILES string of the molecule is C=CC(=O)Nc1cc(Nc2nc(-c3ccnc(N4CCn5c(cc6c5CC(C)(C)C6)C4=O)c3CO)cn(C)c2=O)ccc1N1CCN(C2CCN(c3ccnc(C(C)C)c3)[C@H](C)C2)C[C@@H]1C. The quantitative estimate of drug-likeness (QED) is 0.119. The van der Waals surface area contributed by atoms with Gasteiger partial charge in [-0.2, -0.15) is 0 Å². The van der Waals surface area contributed by atoms with Crippen LogP contribution in [-0.2, 0) is 37.8 Å². The number of anilines is 6. The van der Waals surface area contributed by atoms with Gasteiger partial charge in [-0.1, -0.05) is 34.3 Å². The summed E-state index contributed by atoms with van der Waals surface area (Å²) < 4.78 is 3.59. The van der Waals surface area contributed by atoms with Gasteiger partial charge >= 0.3 is 0 Å². The van der Waals surface area contributed by atoms with Crippen molar-refractivity contribution in [2.75, 3.05) is 58.1 Å². The second kappa shape index (κ2) is 17.8. The van der Waals surface area contributed by atoms with Gasteiger partial charge in [0.1, 0.15) is 11.5 Å². The number of carbonyl (C=O) groups excluding carboxylic acids is 2. The number of hydrogen-bond acceptors (Lipinski definition) is 11. The zero-order valence-electron chi connectivity index (χ0n) is 39.3. The second-order valence-corrected chi connectivity index (χ2v) is 19.7. The first-order valence-corrected chi connectivity index (χ1v) is 23.4. The minimum Gasteiger partial charge on any atom is -0.392 e. The van der Waals surface area contributed by atoms with Gasteiger partial charge in [0.05, 0.1) is 23.7 Å². The molecule has 3 atom stereocenters. The minimum atomic E-state index is -0.397. The lowest BCUT2D eigenvalue weighted by atomic mass is 9.90. The van der Waals surface area contributed by atoms with Crippen LogP contribution < -0.4 is 30.9 Å². The molecule has 0 spiro atoms. The highest BCUT2D eigenvalue weighted by molar-refractivity contribution is 6.06. The number of pyridine rings is 2. The largest absolute Gasteiger partial charge is 0.392 e. The van der Waals surface area contributed by atoms with E-state index in [2.05, 4.69) is 100 Å². The van der Waals surface area contributed by atoms with Crippen LogP contribution in [-0.4, -0.2) is 96.8 Å². The fourth-order valence-corrected chi connectivity index (χ4v) is 10.8. The summed E-state index contributed by atoms with van der Waals surface area (Å²) in [4.78, 5) is 63.8. The third-order valence-electron chi connectivity index (χ3n) is 14.1. The maximum atomic E-state index is 14.1. The molecule has 1 aromatic carbocycles. The first-order valence-electron chi connectivity index (χ1n) is 23.4. The van der Waals surface area contributed by atoms with Gasteiger partial charge in [0.15, 0.2) is 5.82 Å². The van der Waals surface area contributed by atoms with Gasteiger partial charge in [0, 0.05) is 117 Å². The number of hydrogen-bond donors (Lipinski definition) is 3. The number of piperidine rings is 1. The molecule has 2 amide bonds. The van der Waals surface area contributed by atoms with Gasteiger partial charge in [-0.3, -0.25) is 29.2 Å². The van der Waals surface area contributed by atoms with Crippen LogP contribution in [0.5, 0.6) is 0 Å². The Labute approximate surface area is 387 Å². The average molecular weight is 894 g/mol.